The monoisotopic (exact) mass is 392 g/mol. The van der Waals surface area contributed by atoms with Gasteiger partial charge >= 0.3 is 6.18 Å². The van der Waals surface area contributed by atoms with Crippen LogP contribution in [0.25, 0.3) is 0 Å². The minimum absolute atomic E-state index is 0.172. The number of carbonyl (C=O) groups is 1. The molecule has 2 fully saturated rings. The predicted molar refractivity (Wildman–Crippen MR) is 89.5 cm³/mol. The summed E-state index contributed by atoms with van der Waals surface area (Å²) in [5.74, 6) is 0.120. The molecule has 2 aliphatic heterocycles. The molecule has 2 heterocycles. The van der Waals surface area contributed by atoms with Crippen LogP contribution < -0.4 is 4.74 Å². The van der Waals surface area contributed by atoms with Crippen LogP contribution in [0, 0.1) is 0 Å². The van der Waals surface area contributed by atoms with E-state index in [4.69, 9.17) is 16.3 Å². The Morgan fingerprint density at radius 2 is 2.12 bits per heavy atom. The lowest BCUT2D eigenvalue weighted by Crippen LogP contribution is -2.65. The molecule has 0 aromatic heterocycles. The van der Waals surface area contributed by atoms with E-state index in [1.165, 1.54) is 7.11 Å². The highest BCUT2D eigenvalue weighted by atomic mass is 35.5. The molecular formula is C17H20ClF3N2O3. The van der Waals surface area contributed by atoms with Crippen LogP contribution in [-0.4, -0.2) is 71.9 Å². The van der Waals surface area contributed by atoms with Crippen LogP contribution in [0.5, 0.6) is 5.75 Å². The second-order valence-corrected chi connectivity index (χ2v) is 7.14. The second kappa shape index (κ2) is 6.90. The van der Waals surface area contributed by atoms with Gasteiger partial charge in [-0.05, 0) is 25.0 Å². The fourth-order valence-corrected chi connectivity index (χ4v) is 3.90. The number of hydrogen-bond acceptors (Lipinski definition) is 4. The number of ether oxygens (including phenoxy) is 1. The van der Waals surface area contributed by atoms with Crippen LogP contribution in [0.3, 0.4) is 0 Å². The van der Waals surface area contributed by atoms with Crippen molar-refractivity contribution in [1.29, 1.82) is 0 Å². The molecular weight excluding hydrogens is 373 g/mol. The van der Waals surface area contributed by atoms with E-state index < -0.39 is 18.3 Å². The van der Waals surface area contributed by atoms with E-state index in [2.05, 4.69) is 0 Å². The Morgan fingerprint density at radius 3 is 2.77 bits per heavy atom. The van der Waals surface area contributed by atoms with Gasteiger partial charge in [-0.2, -0.15) is 13.2 Å². The first-order valence-electron chi connectivity index (χ1n) is 8.31. The number of piperidine rings is 1. The molecule has 1 N–H and O–H groups in total. The summed E-state index contributed by atoms with van der Waals surface area (Å²) in [5, 5.41) is 10.1. The van der Waals surface area contributed by atoms with Gasteiger partial charge in [-0.25, -0.2) is 0 Å². The first kappa shape index (κ1) is 19.3. The van der Waals surface area contributed by atoms with Crippen molar-refractivity contribution >= 4 is 17.5 Å². The van der Waals surface area contributed by atoms with Crippen molar-refractivity contribution in [2.45, 2.75) is 30.7 Å². The van der Waals surface area contributed by atoms with Crippen LogP contribution >= 0.6 is 11.6 Å². The summed E-state index contributed by atoms with van der Waals surface area (Å²) >= 11 is 6.21. The van der Waals surface area contributed by atoms with Gasteiger partial charge in [0, 0.05) is 32.2 Å². The van der Waals surface area contributed by atoms with E-state index in [-0.39, 0.29) is 42.9 Å². The van der Waals surface area contributed by atoms with Crippen LogP contribution in [0.4, 0.5) is 13.2 Å². The Hall–Kier alpha value is -1.51. The summed E-state index contributed by atoms with van der Waals surface area (Å²) in [5.41, 5.74) is -2.37. The van der Waals surface area contributed by atoms with Gasteiger partial charge in [-0.1, -0.05) is 17.7 Å². The van der Waals surface area contributed by atoms with Crippen molar-refractivity contribution in [3.8, 4) is 5.75 Å². The van der Waals surface area contributed by atoms with Gasteiger partial charge in [0.05, 0.1) is 17.7 Å². The quantitative estimate of drug-likeness (QED) is 0.840. The van der Waals surface area contributed by atoms with Crippen molar-refractivity contribution in [2.75, 3.05) is 33.3 Å². The van der Waals surface area contributed by atoms with Gasteiger partial charge in [0.25, 0.3) is 5.91 Å². The molecule has 2 atom stereocenters. The van der Waals surface area contributed by atoms with Crippen molar-refractivity contribution in [3.63, 3.8) is 0 Å². The molecule has 0 bridgehead atoms. The molecule has 0 spiro atoms. The first-order valence-corrected chi connectivity index (χ1v) is 8.69. The van der Waals surface area contributed by atoms with E-state index in [1.54, 1.807) is 28.0 Å². The number of aliphatic hydroxyl groups is 1. The number of fused-ring (bicyclic) bond motifs is 1. The lowest BCUT2D eigenvalue weighted by molar-refractivity contribution is -0.279. The molecule has 5 nitrogen and oxygen atoms in total. The average Bonchev–Trinajstić information content (AvgIpc) is 2.60. The van der Waals surface area contributed by atoms with Crippen molar-refractivity contribution < 1.29 is 27.8 Å². The predicted octanol–water partition coefficient (Wildman–Crippen LogP) is 2.56. The summed E-state index contributed by atoms with van der Waals surface area (Å²) in [7, 11) is 1.46. The smallest absolute Gasteiger partial charge is 0.418 e. The number of hydrogen-bond donors (Lipinski definition) is 1. The topological polar surface area (TPSA) is 53.0 Å². The molecule has 2 saturated heterocycles. The van der Waals surface area contributed by atoms with Gasteiger partial charge in [-0.3, -0.25) is 9.69 Å². The molecule has 144 valence electrons. The van der Waals surface area contributed by atoms with Gasteiger partial charge < -0.3 is 14.7 Å². The highest BCUT2D eigenvalue weighted by Gasteiger charge is 2.57. The van der Waals surface area contributed by atoms with Crippen LogP contribution in [0.15, 0.2) is 18.2 Å². The Balaban J connectivity index is 1.71. The fraction of sp³-hybridized carbons (Fsp3) is 0.588. The Bertz CT molecular complexity index is 700. The standard InChI is InChI=1S/C17H20ClF3N2O3/c1-26-13-4-2-3-12(14(13)18)15(24)22-7-8-23-10-16(25,17(19,20)21)6-5-11(23)9-22/h2-4,11,25H,5-10H2,1H3. The highest BCUT2D eigenvalue weighted by Crippen LogP contribution is 2.40. The SMILES string of the molecule is COc1cccc(C(=O)N2CCN3CC(O)(C(F)(F)F)CCC3C2)c1Cl. The van der Waals surface area contributed by atoms with E-state index in [1.807, 2.05) is 0 Å². The number of rotatable bonds is 2. The third-order valence-corrected chi connectivity index (χ3v) is 5.58. The summed E-state index contributed by atoms with van der Waals surface area (Å²) in [6.45, 7) is 0.399. The molecule has 0 radical (unpaired) electrons. The summed E-state index contributed by atoms with van der Waals surface area (Å²) in [6.07, 6.45) is -4.84. The van der Waals surface area contributed by atoms with E-state index >= 15 is 0 Å². The van der Waals surface area contributed by atoms with Gasteiger partial charge in [0.2, 0.25) is 0 Å². The highest BCUT2D eigenvalue weighted by molar-refractivity contribution is 6.35. The molecule has 2 unspecified atom stereocenters. The zero-order valence-corrected chi connectivity index (χ0v) is 15.0. The zero-order valence-electron chi connectivity index (χ0n) is 14.2. The molecule has 9 heteroatoms. The number of alkyl halides is 3. The molecule has 0 aliphatic carbocycles. The number of amides is 1. The molecule has 1 aromatic rings. The Morgan fingerprint density at radius 1 is 1.38 bits per heavy atom. The van der Waals surface area contributed by atoms with Crippen LogP contribution in [-0.2, 0) is 0 Å². The maximum atomic E-state index is 13.1. The maximum absolute atomic E-state index is 13.1. The maximum Gasteiger partial charge on any atom is 0.418 e. The Kier molecular flexibility index (Phi) is 5.11. The third-order valence-electron chi connectivity index (χ3n) is 5.19. The number of carbonyl (C=O) groups excluding carboxylic acids is 1. The van der Waals surface area contributed by atoms with Crippen molar-refractivity contribution in [3.05, 3.63) is 28.8 Å². The van der Waals surface area contributed by atoms with Gasteiger partial charge in [0.1, 0.15) is 5.75 Å². The lowest BCUT2D eigenvalue weighted by Gasteiger charge is -2.49. The van der Waals surface area contributed by atoms with E-state index in [9.17, 15) is 23.1 Å². The summed E-state index contributed by atoms with van der Waals surface area (Å²) in [6, 6.07) is 4.71. The number of piperazine rings is 1. The average molecular weight is 393 g/mol. The van der Waals surface area contributed by atoms with Crippen molar-refractivity contribution in [1.82, 2.24) is 9.80 Å². The Labute approximate surface area is 154 Å². The molecule has 26 heavy (non-hydrogen) atoms. The van der Waals surface area contributed by atoms with E-state index in [0.29, 0.717) is 17.9 Å². The molecule has 3 rings (SSSR count). The molecule has 2 aliphatic rings. The molecule has 1 aromatic carbocycles. The van der Waals surface area contributed by atoms with Crippen LogP contribution in [0.2, 0.25) is 5.02 Å². The lowest BCUT2D eigenvalue weighted by atomic mass is 9.86. The summed E-state index contributed by atoms with van der Waals surface area (Å²) in [4.78, 5) is 16.0. The zero-order chi connectivity index (χ0) is 19.1. The number of nitrogens with zero attached hydrogens (tertiary/aromatic N) is 2. The second-order valence-electron chi connectivity index (χ2n) is 6.77. The van der Waals surface area contributed by atoms with Gasteiger partial charge in [0.15, 0.2) is 5.60 Å². The molecule has 0 saturated carbocycles. The number of halogens is 4. The molecule has 1 amide bonds. The minimum atomic E-state index is -4.65. The van der Waals surface area contributed by atoms with E-state index in [0.717, 1.165) is 0 Å². The van der Waals surface area contributed by atoms with Crippen molar-refractivity contribution in [2.24, 2.45) is 0 Å². The third kappa shape index (κ3) is 3.37. The minimum Gasteiger partial charge on any atom is -0.495 e. The van der Waals surface area contributed by atoms with Gasteiger partial charge in [-0.15, -0.1) is 0 Å². The summed E-state index contributed by atoms with van der Waals surface area (Å²) < 4.78 is 44.3. The first-order chi connectivity index (χ1) is 12.2. The number of methoxy groups -OCH3 is 1. The van der Waals surface area contributed by atoms with Crippen LogP contribution in [0.1, 0.15) is 23.2 Å². The number of benzene rings is 1. The fourth-order valence-electron chi connectivity index (χ4n) is 3.62. The normalized spacial score (nSPS) is 27.2. The largest absolute Gasteiger partial charge is 0.495 e.